The number of anilines is 3. The third kappa shape index (κ3) is 4.80. The quantitative estimate of drug-likeness (QED) is 0.172. The highest BCUT2D eigenvalue weighted by atomic mass is 19.1. The predicted molar refractivity (Wildman–Crippen MR) is 215 cm³/mol. The minimum absolute atomic E-state index is 0.283. The Morgan fingerprint density at radius 1 is 0.365 bits per heavy atom. The summed E-state index contributed by atoms with van der Waals surface area (Å²) in [7, 11) is 0. The second kappa shape index (κ2) is 12.1. The molecule has 0 spiro atoms. The van der Waals surface area contributed by atoms with Crippen molar-refractivity contribution in [3.63, 3.8) is 0 Å². The van der Waals surface area contributed by atoms with Gasteiger partial charge >= 0.3 is 0 Å². The zero-order valence-electron chi connectivity index (χ0n) is 28.2. The van der Waals surface area contributed by atoms with E-state index in [1.54, 1.807) is 12.1 Å². The van der Waals surface area contributed by atoms with Crippen LogP contribution in [0.5, 0.6) is 0 Å². The van der Waals surface area contributed by atoms with Gasteiger partial charge in [-0.25, -0.2) is 4.39 Å². The number of hydrogen-bond acceptors (Lipinski definition) is 1. The van der Waals surface area contributed by atoms with Crippen molar-refractivity contribution in [2.45, 2.75) is 0 Å². The maximum absolute atomic E-state index is 15.2. The third-order valence-electron chi connectivity index (χ3n) is 10.1. The third-order valence-corrected chi connectivity index (χ3v) is 10.1. The molecule has 0 N–H and O–H groups in total. The number of para-hydroxylation sites is 3. The number of aromatic nitrogens is 2. The molecule has 0 amide bonds. The van der Waals surface area contributed by atoms with Crippen molar-refractivity contribution < 1.29 is 4.39 Å². The first kappa shape index (κ1) is 30.0. The van der Waals surface area contributed by atoms with Crippen LogP contribution < -0.4 is 4.90 Å². The van der Waals surface area contributed by atoms with E-state index in [0.717, 1.165) is 72.2 Å². The van der Waals surface area contributed by atoms with Crippen LogP contribution in [0, 0.1) is 5.82 Å². The van der Waals surface area contributed by atoms with E-state index in [4.69, 9.17) is 0 Å². The van der Waals surface area contributed by atoms with Gasteiger partial charge < -0.3 is 14.0 Å². The van der Waals surface area contributed by atoms with Crippen LogP contribution in [0.3, 0.4) is 0 Å². The van der Waals surface area contributed by atoms with Crippen LogP contribution >= 0.6 is 0 Å². The summed E-state index contributed by atoms with van der Waals surface area (Å²) < 4.78 is 19.8. The lowest BCUT2D eigenvalue weighted by Crippen LogP contribution is -2.11. The molecule has 2 heterocycles. The van der Waals surface area contributed by atoms with Crippen molar-refractivity contribution in [1.29, 1.82) is 0 Å². The predicted octanol–water partition coefficient (Wildman–Crippen LogP) is 13.2. The summed E-state index contributed by atoms with van der Waals surface area (Å²) in [4.78, 5) is 2.20. The van der Waals surface area contributed by atoms with Crippen molar-refractivity contribution in [2.75, 3.05) is 4.90 Å². The van der Waals surface area contributed by atoms with Gasteiger partial charge in [0.15, 0.2) is 0 Å². The van der Waals surface area contributed by atoms with Crippen molar-refractivity contribution in [1.82, 2.24) is 9.13 Å². The Morgan fingerprint density at radius 3 is 1.75 bits per heavy atom. The van der Waals surface area contributed by atoms with E-state index in [1.165, 1.54) is 17.0 Å². The van der Waals surface area contributed by atoms with E-state index < -0.39 is 0 Å². The zero-order chi connectivity index (χ0) is 34.6. The molecule has 0 saturated heterocycles. The maximum atomic E-state index is 15.2. The second-order valence-corrected chi connectivity index (χ2v) is 13.1. The summed E-state index contributed by atoms with van der Waals surface area (Å²) in [5.74, 6) is -0.283. The van der Waals surface area contributed by atoms with E-state index in [2.05, 4.69) is 172 Å². The SMILES string of the molecule is Fc1cccc(N(c2ccc3c4ccccc4n(-c4cccc(-c5ccccc5)c4)c3c2)c2cccc3c2c2ccccc2n3-c2ccccc2)c1. The molecule has 246 valence electrons. The molecule has 0 bridgehead atoms. The highest BCUT2D eigenvalue weighted by Gasteiger charge is 2.22. The van der Waals surface area contributed by atoms with Crippen LogP contribution in [0.25, 0.3) is 66.1 Å². The molecule has 0 aliphatic carbocycles. The number of rotatable bonds is 6. The smallest absolute Gasteiger partial charge is 0.125 e. The summed E-state index contributed by atoms with van der Waals surface area (Å²) in [5, 5.41) is 4.57. The second-order valence-electron chi connectivity index (χ2n) is 13.1. The number of benzene rings is 8. The Kier molecular flexibility index (Phi) is 7.00. The minimum atomic E-state index is -0.283. The van der Waals surface area contributed by atoms with Crippen molar-refractivity contribution >= 4 is 60.7 Å². The normalized spacial score (nSPS) is 11.6. The molecule has 0 fully saturated rings. The molecule has 8 aromatic carbocycles. The van der Waals surface area contributed by atoms with Crippen molar-refractivity contribution in [3.8, 4) is 22.5 Å². The lowest BCUT2D eigenvalue weighted by molar-refractivity contribution is 0.628. The fraction of sp³-hybridized carbons (Fsp3) is 0. The summed E-state index contributed by atoms with van der Waals surface area (Å²) in [6.45, 7) is 0. The number of hydrogen-bond donors (Lipinski definition) is 0. The van der Waals surface area contributed by atoms with Gasteiger partial charge in [0, 0.05) is 44.3 Å². The number of nitrogens with zero attached hydrogens (tertiary/aromatic N) is 3. The topological polar surface area (TPSA) is 13.1 Å². The minimum Gasteiger partial charge on any atom is -0.310 e. The van der Waals surface area contributed by atoms with Gasteiger partial charge in [0.2, 0.25) is 0 Å². The molecule has 0 aliphatic heterocycles. The molecule has 2 aromatic heterocycles. The van der Waals surface area contributed by atoms with Gasteiger partial charge in [0.25, 0.3) is 0 Å². The Morgan fingerprint density at radius 2 is 0.942 bits per heavy atom. The Bertz CT molecular complexity index is 2920. The fourth-order valence-electron chi connectivity index (χ4n) is 7.92. The highest BCUT2D eigenvalue weighted by Crippen LogP contribution is 2.45. The van der Waals surface area contributed by atoms with Crippen LogP contribution in [0.15, 0.2) is 194 Å². The molecule has 3 nitrogen and oxygen atoms in total. The molecular formula is C48H32FN3. The van der Waals surface area contributed by atoms with E-state index >= 15 is 4.39 Å². The van der Waals surface area contributed by atoms with Gasteiger partial charge in [-0.05, 0) is 90.0 Å². The lowest BCUT2D eigenvalue weighted by Gasteiger charge is -2.27. The molecule has 0 unspecified atom stereocenters. The fourth-order valence-corrected chi connectivity index (χ4v) is 7.92. The molecular weight excluding hydrogens is 638 g/mol. The largest absolute Gasteiger partial charge is 0.310 e. The van der Waals surface area contributed by atoms with Gasteiger partial charge in [-0.3, -0.25) is 0 Å². The average Bonchev–Trinajstić information content (AvgIpc) is 3.72. The summed E-state index contributed by atoms with van der Waals surface area (Å²) in [6.07, 6.45) is 0. The Labute approximate surface area is 300 Å². The lowest BCUT2D eigenvalue weighted by atomic mass is 10.1. The molecule has 10 aromatic rings. The molecule has 0 radical (unpaired) electrons. The van der Waals surface area contributed by atoms with Crippen LogP contribution in [0.1, 0.15) is 0 Å². The molecule has 4 heteroatoms. The zero-order valence-corrected chi connectivity index (χ0v) is 28.2. The van der Waals surface area contributed by atoms with Gasteiger partial charge in [-0.1, -0.05) is 115 Å². The van der Waals surface area contributed by atoms with Crippen LogP contribution in [0.2, 0.25) is 0 Å². The molecule has 0 atom stereocenters. The molecule has 52 heavy (non-hydrogen) atoms. The monoisotopic (exact) mass is 669 g/mol. The van der Waals surface area contributed by atoms with Crippen LogP contribution in [-0.2, 0) is 0 Å². The summed E-state index contributed by atoms with van der Waals surface area (Å²) in [6, 6.07) is 66.8. The molecule has 0 aliphatic rings. The molecule has 10 rings (SSSR count). The van der Waals surface area contributed by atoms with E-state index in [9.17, 15) is 0 Å². The highest BCUT2D eigenvalue weighted by molar-refractivity contribution is 6.17. The van der Waals surface area contributed by atoms with Gasteiger partial charge in [0.1, 0.15) is 5.82 Å². The van der Waals surface area contributed by atoms with Crippen molar-refractivity contribution in [2.24, 2.45) is 0 Å². The van der Waals surface area contributed by atoms with E-state index in [1.807, 2.05) is 18.2 Å². The first-order valence-corrected chi connectivity index (χ1v) is 17.6. The van der Waals surface area contributed by atoms with E-state index in [-0.39, 0.29) is 5.82 Å². The van der Waals surface area contributed by atoms with Crippen molar-refractivity contribution in [3.05, 3.63) is 200 Å². The van der Waals surface area contributed by atoms with Crippen LogP contribution in [0.4, 0.5) is 21.5 Å². The number of fused-ring (bicyclic) bond motifs is 6. The summed E-state index contributed by atoms with van der Waals surface area (Å²) >= 11 is 0. The first-order valence-electron chi connectivity index (χ1n) is 17.6. The number of halogens is 1. The van der Waals surface area contributed by atoms with Gasteiger partial charge in [0.05, 0.1) is 27.8 Å². The average molecular weight is 670 g/mol. The van der Waals surface area contributed by atoms with Gasteiger partial charge in [-0.15, -0.1) is 0 Å². The first-order chi connectivity index (χ1) is 25.7. The Hall–Kier alpha value is -6.91. The van der Waals surface area contributed by atoms with E-state index in [0.29, 0.717) is 0 Å². The standard InChI is InChI=1S/C48H32FN3/c49-35-17-12-21-38(31-35)50(45-26-13-27-46-48(45)42-23-8-10-25-44(42)51(46)36-18-5-2-6-19-36)39-28-29-41-40-22-7-9-24-43(40)52(47(41)32-39)37-20-11-16-34(30-37)33-14-3-1-4-15-33/h1-32H. The van der Waals surface area contributed by atoms with Gasteiger partial charge in [-0.2, -0.15) is 0 Å². The van der Waals surface area contributed by atoms with Crippen LogP contribution in [-0.4, -0.2) is 9.13 Å². The molecule has 0 saturated carbocycles. The summed E-state index contributed by atoms with van der Waals surface area (Å²) in [5.41, 5.74) is 11.6. The maximum Gasteiger partial charge on any atom is 0.125 e. The Balaban J connectivity index is 1.26.